The molecule has 1 aromatic heterocycles. The van der Waals surface area contributed by atoms with Crippen molar-refractivity contribution in [3.8, 4) is 22.8 Å². The number of nitro benzene ring substituents is 1. The standard InChI is InChI=1S/C28H26N4O5/c1-17-7-10-19(11-8-17)25-24-26(30-29-25)28(33)31(27(24)20-5-4-6-21(16-20)32(34)35)14-13-18-9-12-22(36-2)23(15-18)37-3/h4-12,15-16,27H,13-14H2,1-3H3,(H,29,30). The number of aromatic amines is 1. The molecule has 0 fully saturated rings. The van der Waals surface area contributed by atoms with Gasteiger partial charge in [-0.1, -0.05) is 48.0 Å². The molecule has 9 heteroatoms. The average Bonchev–Trinajstić information content (AvgIpc) is 3.46. The van der Waals surface area contributed by atoms with Crippen LogP contribution in [0, 0.1) is 17.0 Å². The summed E-state index contributed by atoms with van der Waals surface area (Å²) in [4.78, 5) is 26.5. The molecule has 1 aliphatic heterocycles. The number of H-pyrrole nitrogens is 1. The van der Waals surface area contributed by atoms with E-state index in [1.165, 1.54) is 12.1 Å². The third-order valence-corrected chi connectivity index (χ3v) is 6.67. The van der Waals surface area contributed by atoms with Crippen molar-refractivity contribution in [1.82, 2.24) is 15.1 Å². The maximum Gasteiger partial charge on any atom is 0.273 e. The second-order valence-corrected chi connectivity index (χ2v) is 8.92. The second-order valence-electron chi connectivity index (χ2n) is 8.92. The number of hydrogen-bond donors (Lipinski definition) is 1. The van der Waals surface area contributed by atoms with Gasteiger partial charge in [-0.05, 0) is 36.6 Å². The van der Waals surface area contributed by atoms with E-state index >= 15 is 0 Å². The summed E-state index contributed by atoms with van der Waals surface area (Å²) >= 11 is 0. The minimum Gasteiger partial charge on any atom is -0.493 e. The van der Waals surface area contributed by atoms with Crippen molar-refractivity contribution in [2.45, 2.75) is 19.4 Å². The molecular weight excluding hydrogens is 472 g/mol. The number of non-ortho nitro benzene ring substituents is 1. The fourth-order valence-electron chi connectivity index (χ4n) is 4.80. The molecule has 0 bridgehead atoms. The highest BCUT2D eigenvalue weighted by atomic mass is 16.6. The molecule has 0 spiro atoms. The SMILES string of the molecule is COc1ccc(CCN2C(=O)c3[nH]nc(-c4ccc(C)cc4)c3C2c2cccc([N+](=O)[O-])c2)cc1OC. The predicted octanol–water partition coefficient (Wildman–Crippen LogP) is 5.10. The van der Waals surface area contributed by atoms with Crippen molar-refractivity contribution >= 4 is 11.6 Å². The summed E-state index contributed by atoms with van der Waals surface area (Å²) in [6, 6.07) is 19.5. The van der Waals surface area contributed by atoms with E-state index < -0.39 is 11.0 Å². The maximum absolute atomic E-state index is 13.6. The van der Waals surface area contributed by atoms with Crippen LogP contribution >= 0.6 is 0 Å². The molecule has 1 amide bonds. The van der Waals surface area contributed by atoms with Crippen molar-refractivity contribution in [2.24, 2.45) is 0 Å². The Kier molecular flexibility index (Phi) is 6.35. The summed E-state index contributed by atoms with van der Waals surface area (Å²) < 4.78 is 10.8. The minimum atomic E-state index is -0.530. The summed E-state index contributed by atoms with van der Waals surface area (Å²) in [5, 5.41) is 19.0. The zero-order valence-electron chi connectivity index (χ0n) is 20.7. The van der Waals surface area contributed by atoms with Gasteiger partial charge in [-0.25, -0.2) is 0 Å². The number of rotatable bonds is 8. The van der Waals surface area contributed by atoms with Crippen LogP contribution in [-0.4, -0.2) is 46.7 Å². The number of carbonyl (C=O) groups excluding carboxylic acids is 1. The van der Waals surface area contributed by atoms with Gasteiger partial charge in [-0.15, -0.1) is 0 Å². The van der Waals surface area contributed by atoms with Crippen LogP contribution < -0.4 is 9.47 Å². The quantitative estimate of drug-likeness (QED) is 0.267. The van der Waals surface area contributed by atoms with Gasteiger partial charge in [-0.3, -0.25) is 20.0 Å². The molecule has 9 nitrogen and oxygen atoms in total. The number of carbonyl (C=O) groups is 1. The molecule has 4 aromatic rings. The van der Waals surface area contributed by atoms with E-state index in [1.807, 2.05) is 55.5 Å². The topological polar surface area (TPSA) is 111 Å². The molecule has 3 aromatic carbocycles. The third kappa shape index (κ3) is 4.40. The molecule has 0 aliphatic carbocycles. The fourth-order valence-corrected chi connectivity index (χ4v) is 4.80. The number of fused-ring (bicyclic) bond motifs is 1. The highest BCUT2D eigenvalue weighted by Crippen LogP contribution is 2.43. The highest BCUT2D eigenvalue weighted by Gasteiger charge is 2.42. The first-order valence-corrected chi connectivity index (χ1v) is 11.8. The number of nitrogens with zero attached hydrogens (tertiary/aromatic N) is 3. The smallest absolute Gasteiger partial charge is 0.273 e. The van der Waals surface area contributed by atoms with E-state index in [9.17, 15) is 14.9 Å². The zero-order valence-corrected chi connectivity index (χ0v) is 20.7. The minimum absolute atomic E-state index is 0.0291. The Balaban J connectivity index is 1.56. The molecular formula is C28H26N4O5. The molecule has 1 atom stereocenters. The second kappa shape index (κ2) is 9.77. The molecule has 1 N–H and O–H groups in total. The average molecular weight is 499 g/mol. The monoisotopic (exact) mass is 498 g/mol. The number of nitrogens with one attached hydrogen (secondary N) is 1. The van der Waals surface area contributed by atoms with Gasteiger partial charge >= 0.3 is 0 Å². The lowest BCUT2D eigenvalue weighted by Crippen LogP contribution is -2.31. The van der Waals surface area contributed by atoms with Crippen molar-refractivity contribution in [3.63, 3.8) is 0 Å². The highest BCUT2D eigenvalue weighted by molar-refractivity contribution is 6.00. The lowest BCUT2D eigenvalue weighted by atomic mass is 9.95. The fraction of sp³-hybridized carbons (Fsp3) is 0.214. The van der Waals surface area contributed by atoms with E-state index in [1.54, 1.807) is 25.2 Å². The number of amides is 1. The number of aromatic nitrogens is 2. The van der Waals surface area contributed by atoms with E-state index in [2.05, 4.69) is 10.2 Å². The van der Waals surface area contributed by atoms with E-state index in [0.717, 1.165) is 22.3 Å². The van der Waals surface area contributed by atoms with Crippen LogP contribution in [0.15, 0.2) is 66.7 Å². The van der Waals surface area contributed by atoms with Gasteiger partial charge in [0.1, 0.15) is 5.69 Å². The Morgan fingerprint density at radius 2 is 1.78 bits per heavy atom. The van der Waals surface area contributed by atoms with E-state index in [0.29, 0.717) is 41.4 Å². The van der Waals surface area contributed by atoms with Gasteiger partial charge in [-0.2, -0.15) is 5.10 Å². The van der Waals surface area contributed by atoms with Crippen LogP contribution in [0.5, 0.6) is 11.5 Å². The largest absolute Gasteiger partial charge is 0.493 e. The lowest BCUT2D eigenvalue weighted by molar-refractivity contribution is -0.384. The Morgan fingerprint density at radius 1 is 1.03 bits per heavy atom. The van der Waals surface area contributed by atoms with Gasteiger partial charge < -0.3 is 14.4 Å². The number of aryl methyl sites for hydroxylation is 1. The Hall–Kier alpha value is -4.66. The van der Waals surface area contributed by atoms with Crippen LogP contribution in [0.1, 0.15) is 38.8 Å². The first-order chi connectivity index (χ1) is 17.9. The summed E-state index contributed by atoms with van der Waals surface area (Å²) in [7, 11) is 3.16. The van der Waals surface area contributed by atoms with E-state index in [-0.39, 0.29) is 11.6 Å². The Labute approximate surface area is 213 Å². The van der Waals surface area contributed by atoms with Gasteiger partial charge in [0.25, 0.3) is 11.6 Å². The van der Waals surface area contributed by atoms with Crippen molar-refractivity contribution in [3.05, 3.63) is 105 Å². The summed E-state index contributed by atoms with van der Waals surface area (Å²) in [6.45, 7) is 2.39. The maximum atomic E-state index is 13.6. The first kappa shape index (κ1) is 24.1. The molecule has 1 unspecified atom stereocenters. The summed E-state index contributed by atoms with van der Waals surface area (Å²) in [6.07, 6.45) is 0.551. The number of methoxy groups -OCH3 is 2. The van der Waals surface area contributed by atoms with Gasteiger partial charge in [0.2, 0.25) is 0 Å². The molecule has 188 valence electrons. The Bertz CT molecular complexity index is 1480. The first-order valence-electron chi connectivity index (χ1n) is 11.8. The third-order valence-electron chi connectivity index (χ3n) is 6.67. The summed E-state index contributed by atoms with van der Waals surface area (Å²) in [5.41, 5.74) is 5.36. The number of hydrogen-bond acceptors (Lipinski definition) is 6. The number of nitro groups is 1. The molecule has 1 aliphatic rings. The van der Waals surface area contributed by atoms with Crippen LogP contribution in [0.3, 0.4) is 0 Å². The van der Waals surface area contributed by atoms with Gasteiger partial charge in [0.15, 0.2) is 11.5 Å². The van der Waals surface area contributed by atoms with Crippen LogP contribution in [0.2, 0.25) is 0 Å². The zero-order chi connectivity index (χ0) is 26.1. The van der Waals surface area contributed by atoms with Crippen LogP contribution in [0.25, 0.3) is 11.3 Å². The van der Waals surface area contributed by atoms with Gasteiger partial charge in [0, 0.05) is 29.8 Å². The molecule has 5 rings (SSSR count). The van der Waals surface area contributed by atoms with Crippen molar-refractivity contribution in [1.29, 1.82) is 0 Å². The molecule has 0 saturated heterocycles. The predicted molar refractivity (Wildman–Crippen MR) is 138 cm³/mol. The molecule has 0 radical (unpaired) electrons. The summed E-state index contributed by atoms with van der Waals surface area (Å²) in [5.74, 6) is 1.04. The Morgan fingerprint density at radius 3 is 2.49 bits per heavy atom. The normalized spacial score (nSPS) is 14.5. The van der Waals surface area contributed by atoms with Crippen LogP contribution in [-0.2, 0) is 6.42 Å². The molecule has 0 saturated carbocycles. The molecule has 37 heavy (non-hydrogen) atoms. The van der Waals surface area contributed by atoms with Crippen molar-refractivity contribution < 1.29 is 19.2 Å². The molecule has 2 heterocycles. The van der Waals surface area contributed by atoms with Crippen molar-refractivity contribution in [2.75, 3.05) is 20.8 Å². The van der Waals surface area contributed by atoms with Crippen LogP contribution in [0.4, 0.5) is 5.69 Å². The number of ether oxygens (including phenoxy) is 2. The number of benzene rings is 3. The van der Waals surface area contributed by atoms with Gasteiger partial charge in [0.05, 0.1) is 30.9 Å². The van der Waals surface area contributed by atoms with E-state index in [4.69, 9.17) is 9.47 Å². The lowest BCUT2D eigenvalue weighted by Gasteiger charge is -2.26.